The van der Waals surface area contributed by atoms with Gasteiger partial charge in [-0.3, -0.25) is 4.79 Å². The third kappa shape index (κ3) is 1.49. The van der Waals surface area contributed by atoms with Crippen molar-refractivity contribution in [3.63, 3.8) is 0 Å². The number of amides is 1. The smallest absolute Gasteiger partial charge is 0.224 e. The topological polar surface area (TPSA) is 49.3 Å². The average molecular weight is 177 g/mol. The Morgan fingerprint density at radius 2 is 2.23 bits per heavy atom. The molecule has 3 nitrogen and oxygen atoms in total. The maximum Gasteiger partial charge on any atom is 0.224 e. The molecule has 0 radical (unpaired) electrons. The highest BCUT2D eigenvalue weighted by Crippen LogP contribution is 2.23. The maximum absolute atomic E-state index is 11.2. The first kappa shape index (κ1) is 8.10. The number of nitrogens with one attached hydrogen (secondary N) is 1. The van der Waals surface area contributed by atoms with E-state index in [0.717, 1.165) is 17.5 Å². The number of phenolic OH excluding ortho intramolecular Hbond substituents is 1. The molecule has 0 spiro atoms. The third-order valence-corrected chi connectivity index (χ3v) is 2.30. The number of fused-ring (bicyclic) bond motifs is 1. The van der Waals surface area contributed by atoms with Crippen LogP contribution in [0, 0.1) is 0 Å². The summed E-state index contributed by atoms with van der Waals surface area (Å²) in [6.07, 6.45) is 1.09. The Hall–Kier alpha value is -1.51. The van der Waals surface area contributed by atoms with Gasteiger partial charge in [-0.25, -0.2) is 0 Å². The molecule has 0 unspecified atom stereocenters. The van der Waals surface area contributed by atoms with Crippen LogP contribution in [0.3, 0.4) is 0 Å². The summed E-state index contributed by atoms with van der Waals surface area (Å²) in [5, 5.41) is 12.3. The van der Waals surface area contributed by atoms with Gasteiger partial charge in [0.15, 0.2) is 0 Å². The molecule has 1 aromatic carbocycles. The maximum atomic E-state index is 11.2. The molecule has 2 rings (SSSR count). The molecule has 1 amide bonds. The lowest BCUT2D eigenvalue weighted by molar-refractivity contribution is -0.120. The number of aromatic hydroxyl groups is 1. The van der Waals surface area contributed by atoms with E-state index in [1.165, 1.54) is 0 Å². The molecule has 0 fully saturated rings. The van der Waals surface area contributed by atoms with Gasteiger partial charge in [0.2, 0.25) is 5.91 Å². The largest absolute Gasteiger partial charge is 0.508 e. The van der Waals surface area contributed by atoms with Crippen LogP contribution in [0.5, 0.6) is 5.75 Å². The SMILES string of the molecule is O=C1Cc2c(O)cccc2CCN1. The van der Waals surface area contributed by atoms with Gasteiger partial charge in [-0.2, -0.15) is 0 Å². The molecule has 13 heavy (non-hydrogen) atoms. The summed E-state index contributed by atoms with van der Waals surface area (Å²) in [5.41, 5.74) is 1.84. The summed E-state index contributed by atoms with van der Waals surface area (Å²) in [4.78, 5) is 11.2. The van der Waals surface area contributed by atoms with Gasteiger partial charge in [-0.05, 0) is 18.1 Å². The Bertz CT molecular complexity index is 347. The van der Waals surface area contributed by atoms with E-state index in [1.807, 2.05) is 12.1 Å². The Labute approximate surface area is 76.4 Å². The highest BCUT2D eigenvalue weighted by Gasteiger charge is 2.15. The second-order valence-electron chi connectivity index (χ2n) is 3.19. The van der Waals surface area contributed by atoms with Crippen molar-refractivity contribution in [3.8, 4) is 5.75 Å². The van der Waals surface area contributed by atoms with E-state index in [9.17, 15) is 9.90 Å². The van der Waals surface area contributed by atoms with Gasteiger partial charge < -0.3 is 10.4 Å². The van der Waals surface area contributed by atoms with E-state index in [2.05, 4.69) is 5.32 Å². The van der Waals surface area contributed by atoms with Crippen LogP contribution in [0.1, 0.15) is 11.1 Å². The molecule has 0 saturated carbocycles. The summed E-state index contributed by atoms with van der Waals surface area (Å²) in [5.74, 6) is 0.217. The molecular weight excluding hydrogens is 166 g/mol. The first-order valence-corrected chi connectivity index (χ1v) is 4.34. The molecule has 3 heteroatoms. The summed E-state index contributed by atoms with van der Waals surface area (Å²) in [7, 11) is 0. The number of carbonyl (C=O) groups is 1. The molecule has 0 bridgehead atoms. The minimum Gasteiger partial charge on any atom is -0.508 e. The van der Waals surface area contributed by atoms with Crippen molar-refractivity contribution in [1.82, 2.24) is 5.32 Å². The number of rotatable bonds is 0. The zero-order valence-corrected chi connectivity index (χ0v) is 7.21. The summed E-state index contributed by atoms with van der Waals surface area (Å²) in [6, 6.07) is 5.39. The minimum absolute atomic E-state index is 0.0137. The zero-order chi connectivity index (χ0) is 9.26. The molecule has 0 atom stereocenters. The van der Waals surface area contributed by atoms with Crippen LogP contribution in [0.15, 0.2) is 18.2 Å². The monoisotopic (exact) mass is 177 g/mol. The Morgan fingerprint density at radius 1 is 1.38 bits per heavy atom. The number of hydrogen-bond acceptors (Lipinski definition) is 2. The number of benzene rings is 1. The summed E-state index contributed by atoms with van der Waals surface area (Å²) < 4.78 is 0. The molecule has 1 aliphatic heterocycles. The molecule has 1 aliphatic rings. The van der Waals surface area contributed by atoms with Crippen molar-refractivity contribution in [3.05, 3.63) is 29.3 Å². The average Bonchev–Trinajstić information content (AvgIpc) is 2.28. The lowest BCUT2D eigenvalue weighted by Gasteiger charge is -2.05. The van der Waals surface area contributed by atoms with Crippen molar-refractivity contribution < 1.29 is 9.90 Å². The number of hydrogen-bond donors (Lipinski definition) is 2. The fraction of sp³-hybridized carbons (Fsp3) is 0.300. The standard InChI is InChI=1S/C10H11NO2/c12-9-3-1-2-7-4-5-11-10(13)6-8(7)9/h1-3,12H,4-6H2,(H,11,13). The predicted octanol–water partition coefficient (Wildman–Crippen LogP) is 0.607. The highest BCUT2D eigenvalue weighted by molar-refractivity contribution is 5.80. The highest BCUT2D eigenvalue weighted by atomic mass is 16.3. The van der Waals surface area contributed by atoms with E-state index in [0.29, 0.717) is 13.0 Å². The van der Waals surface area contributed by atoms with Gasteiger partial charge in [-0.15, -0.1) is 0 Å². The van der Waals surface area contributed by atoms with E-state index >= 15 is 0 Å². The molecule has 1 heterocycles. The first-order chi connectivity index (χ1) is 6.27. The van der Waals surface area contributed by atoms with Crippen molar-refractivity contribution in [2.75, 3.05) is 6.54 Å². The second-order valence-corrected chi connectivity index (χ2v) is 3.19. The van der Waals surface area contributed by atoms with Crippen LogP contribution in [0.25, 0.3) is 0 Å². The van der Waals surface area contributed by atoms with Gasteiger partial charge in [0.25, 0.3) is 0 Å². The van der Waals surface area contributed by atoms with Gasteiger partial charge >= 0.3 is 0 Å². The Kier molecular flexibility index (Phi) is 1.93. The second kappa shape index (κ2) is 3.09. The quantitative estimate of drug-likeness (QED) is 0.610. The third-order valence-electron chi connectivity index (χ3n) is 2.30. The van der Waals surface area contributed by atoms with Crippen LogP contribution in [0.4, 0.5) is 0 Å². The van der Waals surface area contributed by atoms with Crippen LogP contribution in [0.2, 0.25) is 0 Å². The van der Waals surface area contributed by atoms with Crippen molar-refractivity contribution >= 4 is 5.91 Å². The molecule has 0 saturated heterocycles. The molecule has 0 aliphatic carbocycles. The van der Waals surface area contributed by atoms with E-state index in [-0.39, 0.29) is 11.7 Å². The minimum atomic E-state index is -0.0137. The first-order valence-electron chi connectivity index (χ1n) is 4.34. The van der Waals surface area contributed by atoms with Gasteiger partial charge in [0, 0.05) is 12.1 Å². The van der Waals surface area contributed by atoms with Crippen molar-refractivity contribution in [2.24, 2.45) is 0 Å². The van der Waals surface area contributed by atoms with E-state index in [1.54, 1.807) is 6.07 Å². The van der Waals surface area contributed by atoms with Crippen LogP contribution >= 0.6 is 0 Å². The Balaban J connectivity index is 2.46. The fourth-order valence-corrected chi connectivity index (χ4v) is 1.62. The Morgan fingerprint density at radius 3 is 3.08 bits per heavy atom. The van der Waals surface area contributed by atoms with E-state index < -0.39 is 0 Å². The lowest BCUT2D eigenvalue weighted by atomic mass is 10.0. The molecule has 68 valence electrons. The molecular formula is C10H11NO2. The van der Waals surface area contributed by atoms with Crippen molar-refractivity contribution in [1.29, 1.82) is 0 Å². The molecule has 2 N–H and O–H groups in total. The summed E-state index contributed by atoms with van der Waals surface area (Å²) in [6.45, 7) is 0.662. The zero-order valence-electron chi connectivity index (χ0n) is 7.21. The van der Waals surface area contributed by atoms with Crippen molar-refractivity contribution in [2.45, 2.75) is 12.8 Å². The van der Waals surface area contributed by atoms with Gasteiger partial charge in [-0.1, -0.05) is 12.1 Å². The van der Waals surface area contributed by atoms with Crippen LogP contribution in [-0.4, -0.2) is 17.6 Å². The number of carbonyl (C=O) groups excluding carboxylic acids is 1. The lowest BCUT2D eigenvalue weighted by Crippen LogP contribution is -2.24. The van der Waals surface area contributed by atoms with Crippen LogP contribution in [-0.2, 0) is 17.6 Å². The number of phenols is 1. The summed E-state index contributed by atoms with van der Waals surface area (Å²) >= 11 is 0. The van der Waals surface area contributed by atoms with Gasteiger partial charge in [0.05, 0.1) is 6.42 Å². The molecule has 0 aromatic heterocycles. The fourth-order valence-electron chi connectivity index (χ4n) is 1.62. The normalized spacial score (nSPS) is 15.8. The van der Waals surface area contributed by atoms with E-state index in [4.69, 9.17) is 0 Å². The molecule has 1 aromatic rings. The predicted molar refractivity (Wildman–Crippen MR) is 48.5 cm³/mol. The van der Waals surface area contributed by atoms with Crippen LogP contribution < -0.4 is 5.32 Å². The van der Waals surface area contributed by atoms with Gasteiger partial charge in [0.1, 0.15) is 5.75 Å².